The van der Waals surface area contributed by atoms with Gasteiger partial charge in [0, 0.05) is 34.4 Å². The van der Waals surface area contributed by atoms with Crippen LogP contribution < -0.4 is 20.1 Å². The van der Waals surface area contributed by atoms with E-state index in [2.05, 4.69) is 10.6 Å². The van der Waals surface area contributed by atoms with Gasteiger partial charge in [0.1, 0.15) is 11.5 Å². The predicted octanol–water partition coefficient (Wildman–Crippen LogP) is 6.31. The lowest BCUT2D eigenvalue weighted by Crippen LogP contribution is -2.13. The number of carbonyl (C=O) groups is 2. The van der Waals surface area contributed by atoms with E-state index in [1.807, 2.05) is 0 Å². The van der Waals surface area contributed by atoms with Crippen LogP contribution in [0.1, 0.15) is 31.8 Å². The molecule has 2 N–H and O–H groups in total. The summed E-state index contributed by atoms with van der Waals surface area (Å²) >= 11 is 0. The smallest absolute Gasteiger partial charge is 0.273 e. The molecule has 0 atom stereocenters. The molecule has 0 fully saturated rings. The summed E-state index contributed by atoms with van der Waals surface area (Å²) in [4.78, 5) is 47.1. The summed E-state index contributed by atoms with van der Waals surface area (Å²) in [6.07, 6.45) is 0. The highest BCUT2D eigenvalue weighted by molar-refractivity contribution is 6.06. The summed E-state index contributed by atoms with van der Waals surface area (Å²) in [5.74, 6) is -0.380. The van der Waals surface area contributed by atoms with E-state index in [1.54, 1.807) is 50.2 Å². The number of nitrogens with zero attached hydrogens (tertiary/aromatic N) is 2. The molecule has 4 rings (SSSR count). The molecule has 12 nitrogen and oxygen atoms in total. The highest BCUT2D eigenvalue weighted by Gasteiger charge is 2.19. The minimum Gasteiger partial charge on any atom is -0.495 e. The van der Waals surface area contributed by atoms with Crippen LogP contribution in [-0.2, 0) is 0 Å². The molecular formula is C30H26N4O8. The number of nitro groups is 2. The first-order valence-corrected chi connectivity index (χ1v) is 12.5. The highest BCUT2D eigenvalue weighted by atomic mass is 16.6. The summed E-state index contributed by atoms with van der Waals surface area (Å²) in [7, 11) is 2.89. The molecule has 2 amide bonds. The van der Waals surface area contributed by atoms with Crippen molar-refractivity contribution in [2.75, 3.05) is 24.9 Å². The van der Waals surface area contributed by atoms with Crippen LogP contribution in [0.25, 0.3) is 11.1 Å². The summed E-state index contributed by atoms with van der Waals surface area (Å²) < 4.78 is 11.0. The Morgan fingerprint density at radius 3 is 1.33 bits per heavy atom. The second-order valence-electron chi connectivity index (χ2n) is 9.26. The molecule has 42 heavy (non-hydrogen) atoms. The van der Waals surface area contributed by atoms with E-state index >= 15 is 0 Å². The third kappa shape index (κ3) is 6.17. The minimum atomic E-state index is -0.541. The average molecular weight is 571 g/mol. The predicted molar refractivity (Wildman–Crippen MR) is 157 cm³/mol. The fourth-order valence-electron chi connectivity index (χ4n) is 4.23. The lowest BCUT2D eigenvalue weighted by molar-refractivity contribution is -0.385. The normalized spacial score (nSPS) is 10.5. The van der Waals surface area contributed by atoms with Crippen molar-refractivity contribution >= 4 is 34.6 Å². The lowest BCUT2D eigenvalue weighted by Gasteiger charge is -2.15. The van der Waals surface area contributed by atoms with E-state index in [1.165, 1.54) is 50.6 Å². The number of aryl methyl sites for hydroxylation is 2. The third-order valence-electron chi connectivity index (χ3n) is 6.57. The van der Waals surface area contributed by atoms with Crippen LogP contribution in [0.3, 0.4) is 0 Å². The quantitative estimate of drug-likeness (QED) is 0.175. The molecule has 0 heterocycles. The standard InChI is InChI=1S/C30H26N4O8/c1-17-5-7-21(13-25(17)33(37)38)29(35)31-23-11-9-19(15-27(23)41-3)20-10-12-24(28(16-20)42-4)32-30(36)22-8-6-18(2)26(14-22)34(39)40/h5-16H,1-4H3,(H,31,35)(H,32,36). The number of benzene rings is 4. The van der Waals surface area contributed by atoms with Crippen molar-refractivity contribution in [3.63, 3.8) is 0 Å². The van der Waals surface area contributed by atoms with Gasteiger partial charge in [-0.2, -0.15) is 0 Å². The maximum Gasteiger partial charge on any atom is 0.273 e. The van der Waals surface area contributed by atoms with E-state index in [0.29, 0.717) is 45.1 Å². The number of amides is 2. The van der Waals surface area contributed by atoms with Crippen LogP contribution in [0.4, 0.5) is 22.7 Å². The Bertz CT molecular complexity index is 1610. The molecule has 0 saturated heterocycles. The highest BCUT2D eigenvalue weighted by Crippen LogP contribution is 2.35. The second-order valence-corrected chi connectivity index (χ2v) is 9.26. The Morgan fingerprint density at radius 2 is 1.00 bits per heavy atom. The molecule has 0 spiro atoms. The van der Waals surface area contributed by atoms with Gasteiger partial charge in [-0.3, -0.25) is 29.8 Å². The Labute approximate surface area is 240 Å². The van der Waals surface area contributed by atoms with Gasteiger partial charge in [-0.15, -0.1) is 0 Å². The molecule has 4 aromatic carbocycles. The zero-order valence-corrected chi connectivity index (χ0v) is 23.1. The van der Waals surface area contributed by atoms with Crippen molar-refractivity contribution in [3.05, 3.63) is 115 Å². The van der Waals surface area contributed by atoms with Crippen LogP contribution in [0, 0.1) is 34.1 Å². The van der Waals surface area contributed by atoms with Crippen molar-refractivity contribution in [2.45, 2.75) is 13.8 Å². The zero-order valence-electron chi connectivity index (χ0n) is 23.1. The number of carbonyl (C=O) groups excluding carboxylic acids is 2. The second kappa shape index (κ2) is 12.2. The minimum absolute atomic E-state index is 0.126. The number of hydrogen-bond acceptors (Lipinski definition) is 8. The van der Waals surface area contributed by atoms with Crippen LogP contribution in [0.5, 0.6) is 11.5 Å². The molecule has 0 unspecified atom stereocenters. The third-order valence-corrected chi connectivity index (χ3v) is 6.57. The van der Waals surface area contributed by atoms with Gasteiger partial charge in [-0.1, -0.05) is 24.3 Å². The first-order valence-electron chi connectivity index (χ1n) is 12.5. The van der Waals surface area contributed by atoms with Gasteiger partial charge < -0.3 is 20.1 Å². The molecule has 4 aromatic rings. The number of nitrogens with one attached hydrogen (secondary N) is 2. The van der Waals surface area contributed by atoms with E-state index < -0.39 is 21.7 Å². The molecule has 0 radical (unpaired) electrons. The van der Waals surface area contributed by atoms with Gasteiger partial charge in [0.15, 0.2) is 0 Å². The van der Waals surface area contributed by atoms with Gasteiger partial charge >= 0.3 is 0 Å². The van der Waals surface area contributed by atoms with Crippen molar-refractivity contribution in [1.82, 2.24) is 0 Å². The average Bonchev–Trinajstić information content (AvgIpc) is 2.97. The Hall–Kier alpha value is -5.78. The number of rotatable bonds is 9. The SMILES string of the molecule is COc1cc(-c2ccc(NC(=O)c3ccc(C)c([N+](=O)[O-])c3)c(OC)c2)ccc1NC(=O)c1ccc(C)c([N+](=O)[O-])c1. The summed E-state index contributed by atoms with van der Waals surface area (Å²) in [5, 5.41) is 28.0. The monoisotopic (exact) mass is 570 g/mol. The molecule has 12 heteroatoms. The molecule has 0 aromatic heterocycles. The first-order chi connectivity index (χ1) is 20.0. The van der Waals surface area contributed by atoms with Crippen molar-refractivity contribution in [3.8, 4) is 22.6 Å². The largest absolute Gasteiger partial charge is 0.495 e. The van der Waals surface area contributed by atoms with E-state index in [0.717, 1.165) is 0 Å². The molecule has 0 aliphatic heterocycles. The number of hydrogen-bond donors (Lipinski definition) is 2. The Morgan fingerprint density at radius 1 is 0.619 bits per heavy atom. The molecule has 214 valence electrons. The molecule has 0 aliphatic rings. The molecule has 0 bridgehead atoms. The maximum atomic E-state index is 12.8. The Balaban J connectivity index is 1.56. The number of ether oxygens (including phenoxy) is 2. The van der Waals surface area contributed by atoms with Crippen LogP contribution in [0.2, 0.25) is 0 Å². The lowest BCUT2D eigenvalue weighted by atomic mass is 10.0. The van der Waals surface area contributed by atoms with Gasteiger partial charge in [-0.25, -0.2) is 0 Å². The fourth-order valence-corrected chi connectivity index (χ4v) is 4.23. The van der Waals surface area contributed by atoms with Gasteiger partial charge in [0.05, 0.1) is 35.4 Å². The number of methoxy groups -OCH3 is 2. The number of anilines is 2. The summed E-state index contributed by atoms with van der Waals surface area (Å²) in [6.45, 7) is 3.18. The van der Waals surface area contributed by atoms with Crippen LogP contribution >= 0.6 is 0 Å². The van der Waals surface area contributed by atoms with Gasteiger partial charge in [-0.05, 0) is 61.4 Å². The van der Waals surface area contributed by atoms with E-state index in [-0.39, 0.29) is 22.5 Å². The Kier molecular flexibility index (Phi) is 8.46. The van der Waals surface area contributed by atoms with Crippen molar-refractivity contribution in [2.24, 2.45) is 0 Å². The number of nitro benzene ring substituents is 2. The molecular weight excluding hydrogens is 544 g/mol. The van der Waals surface area contributed by atoms with E-state index in [4.69, 9.17) is 9.47 Å². The van der Waals surface area contributed by atoms with Crippen molar-refractivity contribution < 1.29 is 28.9 Å². The van der Waals surface area contributed by atoms with Crippen LogP contribution in [0.15, 0.2) is 72.8 Å². The molecule has 0 saturated carbocycles. The maximum absolute atomic E-state index is 12.8. The first kappa shape index (κ1) is 29.2. The topological polar surface area (TPSA) is 163 Å². The zero-order chi connectivity index (χ0) is 30.6. The molecule has 0 aliphatic carbocycles. The fraction of sp³-hybridized carbons (Fsp3) is 0.133. The summed E-state index contributed by atoms with van der Waals surface area (Å²) in [5.41, 5.74) is 2.97. The summed E-state index contributed by atoms with van der Waals surface area (Å²) in [6, 6.07) is 18.6. The van der Waals surface area contributed by atoms with Gasteiger partial charge in [0.2, 0.25) is 0 Å². The van der Waals surface area contributed by atoms with Gasteiger partial charge in [0.25, 0.3) is 23.2 Å². The van der Waals surface area contributed by atoms with Crippen LogP contribution in [-0.4, -0.2) is 35.9 Å². The van der Waals surface area contributed by atoms with E-state index in [9.17, 15) is 29.8 Å². The van der Waals surface area contributed by atoms with Crippen molar-refractivity contribution in [1.29, 1.82) is 0 Å².